The minimum atomic E-state index is 0.143. The van der Waals surface area contributed by atoms with Gasteiger partial charge in [0.05, 0.1) is 12.3 Å². The number of aryl methyl sites for hydroxylation is 1. The van der Waals surface area contributed by atoms with Gasteiger partial charge in [-0.05, 0) is 56.7 Å². The molecule has 5 nitrogen and oxygen atoms in total. The van der Waals surface area contributed by atoms with E-state index in [2.05, 4.69) is 0 Å². The predicted molar refractivity (Wildman–Crippen MR) is 91.4 cm³/mol. The molecule has 2 rings (SSSR count). The van der Waals surface area contributed by atoms with Crippen molar-refractivity contribution < 1.29 is 14.6 Å². The summed E-state index contributed by atoms with van der Waals surface area (Å²) in [7, 11) is 0. The van der Waals surface area contributed by atoms with E-state index in [4.69, 9.17) is 15.6 Å². The van der Waals surface area contributed by atoms with Crippen LogP contribution in [0.5, 0.6) is 5.75 Å². The Bertz CT molecular complexity index is 517. The first-order chi connectivity index (χ1) is 11.2. The lowest BCUT2D eigenvalue weighted by Gasteiger charge is -2.35. The van der Waals surface area contributed by atoms with Crippen molar-refractivity contribution in [3.8, 4) is 5.75 Å². The number of likely N-dealkylation sites (tertiary alicyclic amines) is 1. The zero-order chi connectivity index (χ0) is 16.7. The standard InChI is InChI=1S/C18H28N2O3/c1-2-23-17-8-6-14(13-16(17)19)7-9-18(22)20-11-4-3-5-15(20)10-12-21/h6,8,13,15,21H,2-5,7,9-12,19H2,1H3. The summed E-state index contributed by atoms with van der Waals surface area (Å²) in [6, 6.07) is 5.93. The number of carbonyl (C=O) groups is 1. The van der Waals surface area contributed by atoms with Crippen LogP contribution in [0.1, 0.15) is 44.6 Å². The SMILES string of the molecule is CCOc1ccc(CCC(=O)N2CCCCC2CCO)cc1N. The van der Waals surface area contributed by atoms with Gasteiger partial charge in [0.2, 0.25) is 5.91 Å². The predicted octanol–water partition coefficient (Wildman–Crippen LogP) is 2.36. The number of anilines is 1. The number of benzene rings is 1. The molecule has 0 bridgehead atoms. The maximum absolute atomic E-state index is 12.5. The number of hydrogen-bond donors (Lipinski definition) is 2. The Morgan fingerprint density at radius 1 is 1.43 bits per heavy atom. The van der Waals surface area contributed by atoms with E-state index in [0.717, 1.165) is 31.4 Å². The molecule has 1 aliphatic rings. The van der Waals surface area contributed by atoms with Gasteiger partial charge < -0.3 is 20.5 Å². The van der Waals surface area contributed by atoms with E-state index in [9.17, 15) is 4.79 Å². The molecule has 3 N–H and O–H groups in total. The summed E-state index contributed by atoms with van der Waals surface area (Å²) in [4.78, 5) is 14.5. The van der Waals surface area contributed by atoms with Gasteiger partial charge in [-0.3, -0.25) is 4.79 Å². The van der Waals surface area contributed by atoms with Crippen LogP contribution in [0, 0.1) is 0 Å². The van der Waals surface area contributed by atoms with E-state index in [-0.39, 0.29) is 18.6 Å². The average Bonchev–Trinajstić information content (AvgIpc) is 2.56. The smallest absolute Gasteiger partial charge is 0.223 e. The van der Waals surface area contributed by atoms with Crippen molar-refractivity contribution in [1.29, 1.82) is 0 Å². The molecule has 0 spiro atoms. The van der Waals surface area contributed by atoms with E-state index in [1.165, 1.54) is 0 Å². The van der Waals surface area contributed by atoms with Crippen LogP contribution < -0.4 is 10.5 Å². The monoisotopic (exact) mass is 320 g/mol. The lowest BCUT2D eigenvalue weighted by molar-refractivity contribution is -0.135. The molecular weight excluding hydrogens is 292 g/mol. The van der Waals surface area contributed by atoms with Crippen molar-refractivity contribution in [2.45, 2.75) is 51.5 Å². The van der Waals surface area contributed by atoms with Gasteiger partial charge in [0.15, 0.2) is 0 Å². The van der Waals surface area contributed by atoms with Crippen LogP contribution in [-0.2, 0) is 11.2 Å². The molecule has 5 heteroatoms. The summed E-state index contributed by atoms with van der Waals surface area (Å²) in [5.74, 6) is 0.872. The molecule has 1 atom stereocenters. The average molecular weight is 320 g/mol. The van der Waals surface area contributed by atoms with Gasteiger partial charge in [-0.15, -0.1) is 0 Å². The van der Waals surface area contributed by atoms with Crippen LogP contribution in [0.15, 0.2) is 18.2 Å². The van der Waals surface area contributed by atoms with Gasteiger partial charge in [-0.2, -0.15) is 0 Å². The quantitative estimate of drug-likeness (QED) is 0.756. The minimum absolute atomic E-state index is 0.143. The number of hydrogen-bond acceptors (Lipinski definition) is 4. The highest BCUT2D eigenvalue weighted by atomic mass is 16.5. The van der Waals surface area contributed by atoms with Crippen molar-refractivity contribution in [2.75, 3.05) is 25.5 Å². The number of nitrogen functional groups attached to an aromatic ring is 1. The first kappa shape index (κ1) is 17.6. The fraction of sp³-hybridized carbons (Fsp3) is 0.611. The van der Waals surface area contributed by atoms with Crippen LogP contribution in [0.25, 0.3) is 0 Å². The van der Waals surface area contributed by atoms with Gasteiger partial charge in [-0.1, -0.05) is 6.07 Å². The molecule has 0 aliphatic carbocycles. The van der Waals surface area contributed by atoms with E-state index in [1.54, 1.807) is 0 Å². The summed E-state index contributed by atoms with van der Waals surface area (Å²) in [5, 5.41) is 9.16. The fourth-order valence-electron chi connectivity index (χ4n) is 3.21. The molecule has 1 fully saturated rings. The molecule has 1 aromatic rings. The molecule has 1 amide bonds. The highest BCUT2D eigenvalue weighted by Crippen LogP contribution is 2.24. The number of ether oxygens (including phenoxy) is 1. The second kappa shape index (κ2) is 8.77. The van der Waals surface area contributed by atoms with Crippen molar-refractivity contribution in [2.24, 2.45) is 0 Å². The van der Waals surface area contributed by atoms with Gasteiger partial charge >= 0.3 is 0 Å². The van der Waals surface area contributed by atoms with Crippen molar-refractivity contribution in [3.63, 3.8) is 0 Å². The molecule has 1 aromatic carbocycles. The number of piperidine rings is 1. The number of aliphatic hydroxyl groups is 1. The van der Waals surface area contributed by atoms with Crippen molar-refractivity contribution in [1.82, 2.24) is 4.90 Å². The highest BCUT2D eigenvalue weighted by molar-refractivity contribution is 5.77. The van der Waals surface area contributed by atoms with Crippen molar-refractivity contribution >= 4 is 11.6 Å². The zero-order valence-electron chi connectivity index (χ0n) is 14.0. The Hall–Kier alpha value is -1.75. The molecule has 0 aromatic heterocycles. The van der Waals surface area contributed by atoms with Crippen LogP contribution in [-0.4, -0.2) is 41.7 Å². The van der Waals surface area contributed by atoms with Gasteiger partial charge in [0.25, 0.3) is 0 Å². The third kappa shape index (κ3) is 4.86. The molecule has 23 heavy (non-hydrogen) atoms. The van der Waals surface area contributed by atoms with E-state index < -0.39 is 0 Å². The zero-order valence-corrected chi connectivity index (χ0v) is 14.0. The summed E-state index contributed by atoms with van der Waals surface area (Å²) in [5.41, 5.74) is 7.64. The van der Waals surface area contributed by atoms with Gasteiger partial charge in [0, 0.05) is 25.6 Å². The Labute approximate surface area is 138 Å². The fourth-order valence-corrected chi connectivity index (χ4v) is 3.21. The number of rotatable bonds is 7. The third-order valence-corrected chi connectivity index (χ3v) is 4.41. The molecule has 1 saturated heterocycles. The molecule has 0 radical (unpaired) electrons. The Morgan fingerprint density at radius 2 is 2.26 bits per heavy atom. The summed E-state index contributed by atoms with van der Waals surface area (Å²) in [6.45, 7) is 3.47. The van der Waals surface area contributed by atoms with Crippen molar-refractivity contribution in [3.05, 3.63) is 23.8 Å². The number of amides is 1. The van der Waals surface area contributed by atoms with E-state index in [1.807, 2.05) is 30.0 Å². The highest BCUT2D eigenvalue weighted by Gasteiger charge is 2.25. The lowest BCUT2D eigenvalue weighted by Crippen LogP contribution is -2.44. The van der Waals surface area contributed by atoms with E-state index in [0.29, 0.717) is 37.3 Å². The first-order valence-electron chi connectivity index (χ1n) is 8.57. The number of nitrogens with zero attached hydrogens (tertiary/aromatic N) is 1. The second-order valence-corrected chi connectivity index (χ2v) is 6.05. The molecule has 128 valence electrons. The Kier molecular flexibility index (Phi) is 6.71. The van der Waals surface area contributed by atoms with Gasteiger partial charge in [0.1, 0.15) is 5.75 Å². The second-order valence-electron chi connectivity index (χ2n) is 6.05. The molecule has 1 heterocycles. The number of carbonyl (C=O) groups excluding carboxylic acids is 1. The maximum atomic E-state index is 12.5. The van der Waals surface area contributed by atoms with Crippen LogP contribution in [0.2, 0.25) is 0 Å². The summed E-state index contributed by atoms with van der Waals surface area (Å²) < 4.78 is 5.43. The topological polar surface area (TPSA) is 75.8 Å². The Morgan fingerprint density at radius 3 is 2.96 bits per heavy atom. The summed E-state index contributed by atoms with van der Waals surface area (Å²) >= 11 is 0. The minimum Gasteiger partial charge on any atom is -0.492 e. The number of nitrogens with two attached hydrogens (primary N) is 1. The van der Waals surface area contributed by atoms with Crippen LogP contribution in [0.4, 0.5) is 5.69 Å². The molecule has 1 aliphatic heterocycles. The number of aliphatic hydroxyl groups excluding tert-OH is 1. The van der Waals surface area contributed by atoms with Crippen LogP contribution in [0.3, 0.4) is 0 Å². The Balaban J connectivity index is 1.91. The van der Waals surface area contributed by atoms with E-state index >= 15 is 0 Å². The lowest BCUT2D eigenvalue weighted by atomic mass is 9.98. The van der Waals surface area contributed by atoms with Crippen LogP contribution >= 0.6 is 0 Å². The van der Waals surface area contributed by atoms with Gasteiger partial charge in [-0.25, -0.2) is 0 Å². The largest absolute Gasteiger partial charge is 0.492 e. The normalized spacial score (nSPS) is 18.0. The first-order valence-corrected chi connectivity index (χ1v) is 8.57. The molecule has 1 unspecified atom stereocenters. The maximum Gasteiger partial charge on any atom is 0.223 e. The summed E-state index contributed by atoms with van der Waals surface area (Å²) in [6.07, 6.45) is 5.05. The molecule has 0 saturated carbocycles. The third-order valence-electron chi connectivity index (χ3n) is 4.41. The molecular formula is C18H28N2O3.